The second-order valence-corrected chi connectivity index (χ2v) is 8.79. The van der Waals surface area contributed by atoms with Crippen molar-refractivity contribution >= 4 is 21.4 Å². The second kappa shape index (κ2) is 6.65. The molecule has 3 atom stereocenters. The average Bonchev–Trinajstić information content (AvgIpc) is 2.41. The Balaban J connectivity index is 2.24. The Labute approximate surface area is 131 Å². The lowest BCUT2D eigenvalue weighted by Crippen LogP contribution is -2.38. The smallest absolute Gasteiger partial charge is 0.150 e. The van der Waals surface area contributed by atoms with Crippen LogP contribution >= 0.6 is 11.6 Å². The molecule has 0 bridgehead atoms. The van der Waals surface area contributed by atoms with E-state index in [0.717, 1.165) is 30.4 Å². The summed E-state index contributed by atoms with van der Waals surface area (Å²) in [7, 11) is -2.99. The summed E-state index contributed by atoms with van der Waals surface area (Å²) in [5.41, 5.74) is 5.06. The van der Waals surface area contributed by atoms with Crippen LogP contribution in [0.4, 0.5) is 0 Å². The average molecular weight is 331 g/mol. The molecule has 0 aliphatic heterocycles. The third kappa shape index (κ3) is 3.97. The molecular formula is C15H23ClN2O2S. The molecule has 0 spiro atoms. The summed E-state index contributed by atoms with van der Waals surface area (Å²) in [6.07, 6.45) is 4.66. The van der Waals surface area contributed by atoms with Crippen molar-refractivity contribution in [1.82, 2.24) is 5.43 Å². The van der Waals surface area contributed by atoms with Crippen LogP contribution in [0.1, 0.15) is 42.9 Å². The number of nitrogens with one attached hydrogen (secondary N) is 1. The Hall–Kier alpha value is -0.620. The van der Waals surface area contributed by atoms with E-state index < -0.39 is 9.84 Å². The molecule has 0 heterocycles. The van der Waals surface area contributed by atoms with Crippen LogP contribution < -0.4 is 11.3 Å². The second-order valence-electron chi connectivity index (χ2n) is 6.02. The molecule has 3 unspecified atom stereocenters. The van der Waals surface area contributed by atoms with E-state index in [1.165, 1.54) is 6.26 Å². The van der Waals surface area contributed by atoms with Gasteiger partial charge in [0.25, 0.3) is 0 Å². The molecule has 1 aromatic rings. The summed E-state index contributed by atoms with van der Waals surface area (Å²) in [6.45, 7) is 2.00. The van der Waals surface area contributed by atoms with Gasteiger partial charge in [-0.25, -0.2) is 8.42 Å². The van der Waals surface area contributed by atoms with E-state index in [2.05, 4.69) is 5.43 Å². The van der Waals surface area contributed by atoms with Crippen molar-refractivity contribution in [3.63, 3.8) is 0 Å². The van der Waals surface area contributed by atoms with Crippen molar-refractivity contribution in [1.29, 1.82) is 0 Å². The van der Waals surface area contributed by atoms with E-state index >= 15 is 0 Å². The topological polar surface area (TPSA) is 72.2 Å². The van der Waals surface area contributed by atoms with Crippen LogP contribution in [0.2, 0.25) is 5.02 Å². The van der Waals surface area contributed by atoms with Gasteiger partial charge in [0.1, 0.15) is 9.84 Å². The van der Waals surface area contributed by atoms with Gasteiger partial charge >= 0.3 is 0 Å². The summed E-state index contributed by atoms with van der Waals surface area (Å²) in [4.78, 5) is 0. The fourth-order valence-corrected chi connectivity index (χ4v) is 4.76. The van der Waals surface area contributed by atoms with Gasteiger partial charge in [-0.05, 0) is 55.4 Å². The Morgan fingerprint density at radius 3 is 2.67 bits per heavy atom. The minimum absolute atomic E-state index is 0.0354. The maximum absolute atomic E-state index is 11.8. The highest BCUT2D eigenvalue weighted by Crippen LogP contribution is 2.37. The maximum atomic E-state index is 11.8. The van der Waals surface area contributed by atoms with Crippen molar-refractivity contribution in [2.45, 2.75) is 43.9 Å². The highest BCUT2D eigenvalue weighted by molar-refractivity contribution is 7.91. The zero-order valence-electron chi connectivity index (χ0n) is 12.5. The first-order chi connectivity index (χ1) is 9.82. The summed E-state index contributed by atoms with van der Waals surface area (Å²) in [5, 5.41) is 0.449. The van der Waals surface area contributed by atoms with Gasteiger partial charge in [-0.1, -0.05) is 24.1 Å². The van der Waals surface area contributed by atoms with Gasteiger partial charge in [-0.3, -0.25) is 11.3 Å². The molecule has 118 valence electrons. The monoisotopic (exact) mass is 330 g/mol. The molecule has 1 fully saturated rings. The summed E-state index contributed by atoms with van der Waals surface area (Å²) >= 11 is 6.00. The molecule has 1 aliphatic carbocycles. The number of nitrogens with two attached hydrogens (primary N) is 1. The Morgan fingerprint density at radius 1 is 1.38 bits per heavy atom. The molecule has 1 aromatic carbocycles. The molecule has 0 amide bonds. The molecule has 0 aromatic heterocycles. The number of hydrazine groups is 1. The lowest BCUT2D eigenvalue weighted by Gasteiger charge is -2.34. The lowest BCUT2D eigenvalue weighted by molar-refractivity contribution is 0.274. The molecule has 2 rings (SSSR count). The predicted octanol–water partition coefficient (Wildman–Crippen LogP) is 2.76. The quantitative estimate of drug-likeness (QED) is 0.657. The fraction of sp³-hybridized carbons (Fsp3) is 0.600. The zero-order chi connectivity index (χ0) is 15.6. The van der Waals surface area contributed by atoms with E-state index in [1.54, 1.807) is 0 Å². The van der Waals surface area contributed by atoms with Gasteiger partial charge in [-0.2, -0.15) is 0 Å². The molecular weight excluding hydrogens is 308 g/mol. The van der Waals surface area contributed by atoms with Gasteiger partial charge in [0.05, 0.1) is 5.25 Å². The van der Waals surface area contributed by atoms with Crippen LogP contribution in [0, 0.1) is 12.8 Å². The highest BCUT2D eigenvalue weighted by Gasteiger charge is 2.33. The minimum atomic E-state index is -2.99. The van der Waals surface area contributed by atoms with Crippen LogP contribution in [0.3, 0.4) is 0 Å². The van der Waals surface area contributed by atoms with Gasteiger partial charge in [0.2, 0.25) is 0 Å². The zero-order valence-corrected chi connectivity index (χ0v) is 14.0. The van der Waals surface area contributed by atoms with Crippen LogP contribution in [-0.4, -0.2) is 19.9 Å². The number of rotatable bonds is 4. The van der Waals surface area contributed by atoms with Crippen molar-refractivity contribution in [3.8, 4) is 0 Å². The fourth-order valence-electron chi connectivity index (χ4n) is 3.34. The number of sulfone groups is 1. The normalized spacial score (nSPS) is 24.8. The molecule has 21 heavy (non-hydrogen) atoms. The van der Waals surface area contributed by atoms with Crippen molar-refractivity contribution < 1.29 is 8.42 Å². The molecule has 0 saturated heterocycles. The van der Waals surface area contributed by atoms with Crippen LogP contribution in [0.5, 0.6) is 0 Å². The number of aryl methyl sites for hydroxylation is 1. The molecule has 3 N–H and O–H groups in total. The standard InChI is InChI=1S/C15H23ClN2O2S/c1-10-8-12(16)6-7-14(10)15(18-17)11-4-3-5-13(9-11)21(2,19)20/h6-8,11,13,15,18H,3-5,9,17H2,1-2H3. The largest absolute Gasteiger partial charge is 0.271 e. The number of hydrogen-bond donors (Lipinski definition) is 2. The Morgan fingerprint density at radius 2 is 2.10 bits per heavy atom. The first-order valence-electron chi connectivity index (χ1n) is 7.24. The van der Waals surface area contributed by atoms with Crippen molar-refractivity contribution in [2.75, 3.05) is 6.26 Å². The lowest BCUT2D eigenvalue weighted by atomic mass is 9.80. The third-order valence-electron chi connectivity index (χ3n) is 4.49. The van der Waals surface area contributed by atoms with Crippen LogP contribution in [-0.2, 0) is 9.84 Å². The summed E-state index contributed by atoms with van der Waals surface area (Å²) in [5.74, 6) is 5.99. The van der Waals surface area contributed by atoms with E-state index in [4.69, 9.17) is 17.4 Å². The molecule has 0 radical (unpaired) electrons. The maximum Gasteiger partial charge on any atom is 0.150 e. The number of hydrogen-bond acceptors (Lipinski definition) is 4. The van der Waals surface area contributed by atoms with Crippen LogP contribution in [0.25, 0.3) is 0 Å². The van der Waals surface area contributed by atoms with E-state index in [1.807, 2.05) is 25.1 Å². The highest BCUT2D eigenvalue weighted by atomic mass is 35.5. The van der Waals surface area contributed by atoms with E-state index in [9.17, 15) is 8.42 Å². The van der Waals surface area contributed by atoms with Gasteiger partial charge < -0.3 is 0 Å². The van der Waals surface area contributed by atoms with E-state index in [0.29, 0.717) is 11.4 Å². The van der Waals surface area contributed by atoms with Gasteiger partial charge in [0, 0.05) is 17.3 Å². The number of halogens is 1. The molecule has 4 nitrogen and oxygen atoms in total. The molecule has 1 aliphatic rings. The third-order valence-corrected chi connectivity index (χ3v) is 6.36. The van der Waals surface area contributed by atoms with Gasteiger partial charge in [-0.15, -0.1) is 0 Å². The van der Waals surface area contributed by atoms with E-state index in [-0.39, 0.29) is 17.2 Å². The first kappa shape index (κ1) is 16.7. The number of benzene rings is 1. The molecule has 1 saturated carbocycles. The van der Waals surface area contributed by atoms with Gasteiger partial charge in [0.15, 0.2) is 0 Å². The van der Waals surface area contributed by atoms with Crippen molar-refractivity contribution in [2.24, 2.45) is 11.8 Å². The van der Waals surface area contributed by atoms with Crippen molar-refractivity contribution in [3.05, 3.63) is 34.3 Å². The Kier molecular flexibility index (Phi) is 5.30. The minimum Gasteiger partial charge on any atom is -0.271 e. The summed E-state index contributed by atoms with van der Waals surface area (Å²) in [6, 6.07) is 5.71. The molecule has 6 heteroatoms. The first-order valence-corrected chi connectivity index (χ1v) is 9.57. The SMILES string of the molecule is Cc1cc(Cl)ccc1C(NN)C1CCCC(S(C)(=O)=O)C1. The summed E-state index contributed by atoms with van der Waals surface area (Å²) < 4.78 is 23.6. The predicted molar refractivity (Wildman–Crippen MR) is 86.8 cm³/mol. The Bertz CT molecular complexity index is 604. The van der Waals surface area contributed by atoms with Crippen LogP contribution in [0.15, 0.2) is 18.2 Å².